The molecule has 2 aromatic carbocycles. The third kappa shape index (κ3) is 3.81. The molecule has 0 bridgehead atoms. The standard InChI is InChI=1S/C22H25N3O4/c1-5-22(16-7-9-17(29-4)10-8-16)20(27)25(21(28)24-22)13-19(26)23-18-11-6-14(2)12-15(18)3/h6-12H,5,13H2,1-4H3,(H,23,26)(H,24,28). The Bertz CT molecular complexity index is 955. The number of benzene rings is 2. The maximum Gasteiger partial charge on any atom is 0.325 e. The highest BCUT2D eigenvalue weighted by molar-refractivity contribution is 6.10. The zero-order chi connectivity index (χ0) is 21.2. The Hall–Kier alpha value is -3.35. The fourth-order valence-electron chi connectivity index (χ4n) is 3.57. The molecular formula is C22H25N3O4. The van der Waals surface area contributed by atoms with Crippen molar-refractivity contribution in [2.24, 2.45) is 0 Å². The van der Waals surface area contributed by atoms with E-state index in [1.54, 1.807) is 31.4 Å². The lowest BCUT2D eigenvalue weighted by Crippen LogP contribution is -2.44. The van der Waals surface area contributed by atoms with Crippen molar-refractivity contribution in [3.8, 4) is 5.75 Å². The van der Waals surface area contributed by atoms with Crippen LogP contribution in [0.4, 0.5) is 10.5 Å². The Labute approximate surface area is 170 Å². The van der Waals surface area contributed by atoms with Crippen LogP contribution in [0, 0.1) is 13.8 Å². The number of amides is 4. The smallest absolute Gasteiger partial charge is 0.325 e. The van der Waals surface area contributed by atoms with Crippen LogP contribution in [0.15, 0.2) is 42.5 Å². The zero-order valence-corrected chi connectivity index (χ0v) is 17.0. The lowest BCUT2D eigenvalue weighted by Gasteiger charge is -2.26. The second kappa shape index (κ2) is 7.95. The lowest BCUT2D eigenvalue weighted by molar-refractivity contribution is -0.134. The highest BCUT2D eigenvalue weighted by Gasteiger charge is 2.51. The van der Waals surface area contributed by atoms with Crippen molar-refractivity contribution >= 4 is 23.5 Å². The third-order valence-corrected chi connectivity index (χ3v) is 5.25. The van der Waals surface area contributed by atoms with Crippen LogP contribution in [-0.4, -0.2) is 36.4 Å². The van der Waals surface area contributed by atoms with Crippen LogP contribution < -0.4 is 15.4 Å². The number of rotatable bonds is 6. The Morgan fingerprint density at radius 3 is 2.41 bits per heavy atom. The summed E-state index contributed by atoms with van der Waals surface area (Å²) in [4.78, 5) is 39.2. The van der Waals surface area contributed by atoms with Crippen LogP contribution in [0.5, 0.6) is 5.75 Å². The van der Waals surface area contributed by atoms with E-state index in [0.717, 1.165) is 16.0 Å². The van der Waals surface area contributed by atoms with E-state index in [-0.39, 0.29) is 6.54 Å². The number of aryl methyl sites for hydroxylation is 2. The fourth-order valence-corrected chi connectivity index (χ4v) is 3.57. The van der Waals surface area contributed by atoms with Gasteiger partial charge in [-0.05, 0) is 49.6 Å². The molecule has 1 unspecified atom stereocenters. The van der Waals surface area contributed by atoms with E-state index in [1.807, 2.05) is 39.0 Å². The van der Waals surface area contributed by atoms with Gasteiger partial charge in [-0.3, -0.25) is 14.5 Å². The molecule has 1 aliphatic rings. The van der Waals surface area contributed by atoms with E-state index in [0.29, 0.717) is 23.4 Å². The van der Waals surface area contributed by atoms with Gasteiger partial charge in [0.05, 0.1) is 7.11 Å². The maximum absolute atomic E-state index is 13.2. The molecule has 29 heavy (non-hydrogen) atoms. The molecule has 0 saturated carbocycles. The zero-order valence-electron chi connectivity index (χ0n) is 17.0. The predicted octanol–water partition coefficient (Wildman–Crippen LogP) is 3.11. The van der Waals surface area contributed by atoms with Crippen LogP contribution in [0.1, 0.15) is 30.0 Å². The van der Waals surface area contributed by atoms with Crippen molar-refractivity contribution in [2.75, 3.05) is 19.0 Å². The number of urea groups is 1. The van der Waals surface area contributed by atoms with Crippen LogP contribution in [0.3, 0.4) is 0 Å². The number of methoxy groups -OCH3 is 1. The van der Waals surface area contributed by atoms with Crippen molar-refractivity contribution < 1.29 is 19.1 Å². The summed E-state index contributed by atoms with van der Waals surface area (Å²) in [6.07, 6.45) is 0.360. The number of imide groups is 1. The summed E-state index contributed by atoms with van der Waals surface area (Å²) in [6, 6.07) is 12.0. The molecule has 3 rings (SSSR count). The van der Waals surface area contributed by atoms with Crippen LogP contribution >= 0.6 is 0 Å². The molecule has 1 saturated heterocycles. The van der Waals surface area contributed by atoms with Crippen LogP contribution in [-0.2, 0) is 15.1 Å². The number of hydrogen-bond donors (Lipinski definition) is 2. The van der Waals surface area contributed by atoms with E-state index < -0.39 is 23.4 Å². The number of carbonyl (C=O) groups is 3. The Kier molecular flexibility index (Phi) is 5.59. The van der Waals surface area contributed by atoms with E-state index in [2.05, 4.69) is 10.6 Å². The summed E-state index contributed by atoms with van der Waals surface area (Å²) in [5.74, 6) is -0.213. The minimum atomic E-state index is -1.19. The van der Waals surface area contributed by atoms with Crippen molar-refractivity contribution in [3.63, 3.8) is 0 Å². The average Bonchev–Trinajstić information content (AvgIpc) is 2.95. The Morgan fingerprint density at radius 2 is 1.83 bits per heavy atom. The van der Waals surface area contributed by atoms with Crippen molar-refractivity contribution in [2.45, 2.75) is 32.7 Å². The molecule has 1 atom stereocenters. The average molecular weight is 395 g/mol. The van der Waals surface area contributed by atoms with Gasteiger partial charge in [-0.1, -0.05) is 36.8 Å². The summed E-state index contributed by atoms with van der Waals surface area (Å²) < 4.78 is 5.16. The van der Waals surface area contributed by atoms with Gasteiger partial charge >= 0.3 is 6.03 Å². The molecule has 7 heteroatoms. The number of nitrogens with one attached hydrogen (secondary N) is 2. The first kappa shape index (κ1) is 20.4. The van der Waals surface area contributed by atoms with Crippen molar-refractivity contribution in [3.05, 3.63) is 59.2 Å². The first-order valence-corrected chi connectivity index (χ1v) is 9.46. The molecule has 0 spiro atoms. The predicted molar refractivity (Wildman–Crippen MR) is 110 cm³/mol. The van der Waals surface area contributed by atoms with E-state index >= 15 is 0 Å². The number of nitrogens with zero attached hydrogens (tertiary/aromatic N) is 1. The minimum Gasteiger partial charge on any atom is -0.497 e. The SMILES string of the molecule is CCC1(c2ccc(OC)cc2)NC(=O)N(CC(=O)Nc2ccc(C)cc2C)C1=O. The quantitative estimate of drug-likeness (QED) is 0.736. The number of hydrogen-bond acceptors (Lipinski definition) is 4. The lowest BCUT2D eigenvalue weighted by atomic mass is 9.87. The van der Waals surface area contributed by atoms with Gasteiger partial charge in [-0.25, -0.2) is 4.79 Å². The van der Waals surface area contributed by atoms with Crippen molar-refractivity contribution in [1.29, 1.82) is 0 Å². The van der Waals surface area contributed by atoms with Crippen molar-refractivity contribution in [1.82, 2.24) is 10.2 Å². The van der Waals surface area contributed by atoms with Gasteiger partial charge in [-0.2, -0.15) is 0 Å². The monoisotopic (exact) mass is 395 g/mol. The molecule has 0 radical (unpaired) electrons. The Morgan fingerprint density at radius 1 is 1.14 bits per heavy atom. The highest BCUT2D eigenvalue weighted by Crippen LogP contribution is 2.33. The van der Waals surface area contributed by atoms with E-state index in [1.165, 1.54) is 0 Å². The summed E-state index contributed by atoms with van der Waals surface area (Å²) in [7, 11) is 1.56. The molecule has 2 aromatic rings. The minimum absolute atomic E-state index is 0.351. The Balaban J connectivity index is 1.79. The topological polar surface area (TPSA) is 87.7 Å². The van der Waals surface area contributed by atoms with Gasteiger partial charge < -0.3 is 15.4 Å². The molecule has 0 aromatic heterocycles. The van der Waals surface area contributed by atoms with Gasteiger partial charge in [0.2, 0.25) is 5.91 Å². The van der Waals surface area contributed by atoms with E-state index in [9.17, 15) is 14.4 Å². The number of anilines is 1. The normalized spacial score (nSPS) is 18.6. The first-order valence-electron chi connectivity index (χ1n) is 9.46. The second-order valence-electron chi connectivity index (χ2n) is 7.18. The molecule has 7 nitrogen and oxygen atoms in total. The third-order valence-electron chi connectivity index (χ3n) is 5.25. The maximum atomic E-state index is 13.2. The molecule has 1 heterocycles. The summed E-state index contributed by atoms with van der Waals surface area (Å²) >= 11 is 0. The van der Waals surface area contributed by atoms with Gasteiger partial charge in [0.1, 0.15) is 17.8 Å². The summed E-state index contributed by atoms with van der Waals surface area (Å²) in [5, 5.41) is 5.55. The first-order chi connectivity index (χ1) is 13.8. The molecule has 1 aliphatic heterocycles. The summed E-state index contributed by atoms with van der Waals surface area (Å²) in [6.45, 7) is 5.33. The molecular weight excluding hydrogens is 370 g/mol. The van der Waals surface area contributed by atoms with Gasteiger partial charge in [0, 0.05) is 5.69 Å². The molecule has 152 valence electrons. The molecule has 4 amide bonds. The number of carbonyl (C=O) groups excluding carboxylic acids is 3. The van der Waals surface area contributed by atoms with Gasteiger partial charge in [-0.15, -0.1) is 0 Å². The molecule has 1 fully saturated rings. The highest BCUT2D eigenvalue weighted by atomic mass is 16.5. The molecule has 2 N–H and O–H groups in total. The van der Waals surface area contributed by atoms with E-state index in [4.69, 9.17) is 4.74 Å². The van der Waals surface area contributed by atoms with Gasteiger partial charge in [0.25, 0.3) is 5.91 Å². The second-order valence-corrected chi connectivity index (χ2v) is 7.18. The van der Waals surface area contributed by atoms with Crippen LogP contribution in [0.2, 0.25) is 0 Å². The largest absolute Gasteiger partial charge is 0.497 e. The van der Waals surface area contributed by atoms with Crippen LogP contribution in [0.25, 0.3) is 0 Å². The molecule has 0 aliphatic carbocycles. The summed E-state index contributed by atoms with van der Waals surface area (Å²) in [5.41, 5.74) is 2.11. The van der Waals surface area contributed by atoms with Gasteiger partial charge in [0.15, 0.2) is 0 Å². The fraction of sp³-hybridized carbons (Fsp3) is 0.318. The number of ether oxygens (including phenoxy) is 1.